The maximum atomic E-state index is 11.5. The Morgan fingerprint density at radius 1 is 1.58 bits per heavy atom. The zero-order valence-electron chi connectivity index (χ0n) is 6.59. The highest BCUT2D eigenvalue weighted by molar-refractivity contribution is 6.16. The molecule has 1 aliphatic carbocycles. The maximum absolute atomic E-state index is 11.5. The molecule has 1 aromatic rings. The molecule has 0 unspecified atom stereocenters. The predicted molar refractivity (Wildman–Crippen MR) is 44.8 cm³/mol. The largest absolute Gasteiger partial charge is 0.711 e. The van der Waals surface area contributed by atoms with Gasteiger partial charge in [-0.25, -0.2) is 4.73 Å². The van der Waals surface area contributed by atoms with Crippen molar-refractivity contribution >= 4 is 11.6 Å². The van der Waals surface area contributed by atoms with E-state index in [2.05, 4.69) is 4.98 Å². The summed E-state index contributed by atoms with van der Waals surface area (Å²) in [5.41, 5.74) is 1.94. The van der Waals surface area contributed by atoms with Crippen molar-refractivity contribution in [2.45, 2.75) is 25.1 Å². The average Bonchev–Trinajstić information content (AvgIpc) is 2.53. The smallest absolute Gasteiger partial charge is 0.316 e. The van der Waals surface area contributed by atoms with Gasteiger partial charge in [0.25, 0.3) is 0 Å². The van der Waals surface area contributed by atoms with E-state index in [0.29, 0.717) is 5.82 Å². The molecule has 0 N–H and O–H groups in total. The molecule has 0 atom stereocenters. The highest BCUT2D eigenvalue weighted by Gasteiger charge is 2.20. The van der Waals surface area contributed by atoms with Crippen LogP contribution < -0.4 is 4.73 Å². The molecule has 2 rings (SSSR count). The number of hydrogen-bond donors (Lipinski definition) is 0. The molecule has 0 fully saturated rings. The lowest BCUT2D eigenvalue weighted by Crippen LogP contribution is -2.37. The maximum Gasteiger partial charge on any atom is 0.316 e. The van der Waals surface area contributed by atoms with Crippen molar-refractivity contribution in [1.82, 2.24) is 4.98 Å². The lowest BCUT2D eigenvalue weighted by Gasteiger charge is -2.08. The van der Waals surface area contributed by atoms with Gasteiger partial charge in [0.1, 0.15) is 17.8 Å². The second kappa shape index (κ2) is 2.90. The number of rotatable bonds is 1. The normalized spacial score (nSPS) is 14.8. The minimum atomic E-state index is 0.191. The molecule has 1 heterocycles. The Bertz CT molecular complexity index is 314. The van der Waals surface area contributed by atoms with Crippen LogP contribution in [-0.4, -0.2) is 4.98 Å². The van der Waals surface area contributed by atoms with E-state index in [1.807, 2.05) is 0 Å². The molecular weight excluding hydrogens is 176 g/mol. The standard InChI is InChI=1S/C8H9ClN2O/c9-4-8-10-5-6-2-1-3-7(6)11(8)12/h5H,1-4H2. The van der Waals surface area contributed by atoms with Gasteiger partial charge in [0, 0.05) is 12.0 Å². The molecule has 0 spiro atoms. The fourth-order valence-electron chi connectivity index (χ4n) is 1.57. The van der Waals surface area contributed by atoms with E-state index in [9.17, 15) is 5.21 Å². The van der Waals surface area contributed by atoms with Crippen LogP contribution in [0, 0.1) is 5.21 Å². The Balaban J connectivity index is 2.54. The van der Waals surface area contributed by atoms with Gasteiger partial charge in [-0.2, -0.15) is 0 Å². The third kappa shape index (κ3) is 1.05. The van der Waals surface area contributed by atoms with E-state index in [4.69, 9.17) is 11.6 Å². The number of alkyl halides is 1. The highest BCUT2D eigenvalue weighted by atomic mass is 35.5. The first kappa shape index (κ1) is 7.80. The van der Waals surface area contributed by atoms with Gasteiger partial charge in [0.15, 0.2) is 0 Å². The summed E-state index contributed by atoms with van der Waals surface area (Å²) in [6.07, 6.45) is 4.68. The second-order valence-corrected chi connectivity index (χ2v) is 3.20. The molecule has 0 amide bonds. The van der Waals surface area contributed by atoms with Crippen molar-refractivity contribution in [1.29, 1.82) is 0 Å². The summed E-state index contributed by atoms with van der Waals surface area (Å²) in [4.78, 5) is 3.99. The molecule has 0 saturated heterocycles. The molecule has 1 aromatic heterocycles. The first-order chi connectivity index (χ1) is 5.83. The van der Waals surface area contributed by atoms with Crippen molar-refractivity contribution in [3.63, 3.8) is 0 Å². The molecule has 1 aliphatic rings. The Morgan fingerprint density at radius 2 is 2.42 bits per heavy atom. The third-order valence-corrected chi connectivity index (χ3v) is 2.44. The summed E-state index contributed by atoms with van der Waals surface area (Å²) < 4.78 is 0.884. The molecule has 0 aliphatic heterocycles. The van der Waals surface area contributed by atoms with Crippen LogP contribution in [0.3, 0.4) is 0 Å². The van der Waals surface area contributed by atoms with E-state index in [1.54, 1.807) is 6.20 Å². The van der Waals surface area contributed by atoms with E-state index in [-0.39, 0.29) is 5.88 Å². The number of halogens is 1. The van der Waals surface area contributed by atoms with Crippen molar-refractivity contribution in [2.75, 3.05) is 0 Å². The van der Waals surface area contributed by atoms with Crippen LogP contribution in [0.1, 0.15) is 23.5 Å². The summed E-state index contributed by atoms with van der Waals surface area (Å²) in [6.45, 7) is 0. The van der Waals surface area contributed by atoms with Crippen molar-refractivity contribution in [3.8, 4) is 0 Å². The van der Waals surface area contributed by atoms with Crippen molar-refractivity contribution < 1.29 is 4.73 Å². The number of aromatic nitrogens is 2. The molecule has 0 saturated carbocycles. The van der Waals surface area contributed by atoms with Crippen LogP contribution >= 0.6 is 11.6 Å². The number of aryl methyl sites for hydroxylation is 1. The Morgan fingerprint density at radius 3 is 3.17 bits per heavy atom. The summed E-state index contributed by atoms with van der Waals surface area (Å²) >= 11 is 5.55. The molecule has 12 heavy (non-hydrogen) atoms. The van der Waals surface area contributed by atoms with Crippen LogP contribution in [0.2, 0.25) is 0 Å². The number of hydrogen-bond acceptors (Lipinski definition) is 2. The van der Waals surface area contributed by atoms with Gasteiger partial charge in [-0.1, -0.05) is 4.98 Å². The number of fused-ring (bicyclic) bond motifs is 1. The lowest BCUT2D eigenvalue weighted by atomic mass is 10.3. The topological polar surface area (TPSA) is 39.8 Å². The molecule has 4 heteroatoms. The van der Waals surface area contributed by atoms with E-state index >= 15 is 0 Å². The molecule has 0 radical (unpaired) electrons. The zero-order valence-corrected chi connectivity index (χ0v) is 7.34. The van der Waals surface area contributed by atoms with Crippen LogP contribution in [0.25, 0.3) is 0 Å². The third-order valence-electron chi connectivity index (χ3n) is 2.20. The molecule has 0 aromatic carbocycles. The first-order valence-corrected chi connectivity index (χ1v) is 4.51. The molecule has 64 valence electrons. The minimum Gasteiger partial charge on any atom is -0.711 e. The summed E-state index contributed by atoms with van der Waals surface area (Å²) in [5.74, 6) is 0.605. The number of nitrogens with zero attached hydrogens (tertiary/aromatic N) is 2. The quantitative estimate of drug-likeness (QED) is 0.370. The monoisotopic (exact) mass is 184 g/mol. The summed E-state index contributed by atoms with van der Waals surface area (Å²) in [5, 5.41) is 11.5. The Labute approximate surface area is 75.6 Å². The second-order valence-electron chi connectivity index (χ2n) is 2.93. The van der Waals surface area contributed by atoms with Gasteiger partial charge < -0.3 is 5.21 Å². The average molecular weight is 185 g/mol. The minimum absolute atomic E-state index is 0.191. The highest BCUT2D eigenvalue weighted by Crippen LogP contribution is 2.17. The van der Waals surface area contributed by atoms with Gasteiger partial charge in [-0.15, -0.1) is 11.6 Å². The molecule has 3 nitrogen and oxygen atoms in total. The van der Waals surface area contributed by atoms with E-state index in [0.717, 1.165) is 35.3 Å². The summed E-state index contributed by atoms with van der Waals surface area (Å²) in [6, 6.07) is 0. The summed E-state index contributed by atoms with van der Waals surface area (Å²) in [7, 11) is 0. The van der Waals surface area contributed by atoms with Crippen LogP contribution in [0.5, 0.6) is 0 Å². The van der Waals surface area contributed by atoms with Gasteiger partial charge in [-0.05, 0) is 12.8 Å². The van der Waals surface area contributed by atoms with E-state index in [1.165, 1.54) is 0 Å². The van der Waals surface area contributed by atoms with Gasteiger partial charge in [-0.3, -0.25) is 0 Å². The van der Waals surface area contributed by atoms with Gasteiger partial charge >= 0.3 is 5.82 Å². The van der Waals surface area contributed by atoms with Gasteiger partial charge in [0.2, 0.25) is 0 Å². The van der Waals surface area contributed by atoms with Crippen LogP contribution in [0.15, 0.2) is 6.20 Å². The Hall–Kier alpha value is -0.830. The van der Waals surface area contributed by atoms with E-state index < -0.39 is 0 Å². The fourth-order valence-corrected chi connectivity index (χ4v) is 1.75. The Kier molecular flexibility index (Phi) is 1.89. The predicted octanol–water partition coefficient (Wildman–Crippen LogP) is 0.943. The van der Waals surface area contributed by atoms with Crippen molar-refractivity contribution in [3.05, 3.63) is 28.5 Å². The first-order valence-electron chi connectivity index (χ1n) is 3.98. The lowest BCUT2D eigenvalue weighted by molar-refractivity contribution is -0.624. The fraction of sp³-hybridized carbons (Fsp3) is 0.500. The molecule has 0 bridgehead atoms. The zero-order chi connectivity index (χ0) is 8.55. The van der Waals surface area contributed by atoms with Crippen molar-refractivity contribution in [2.24, 2.45) is 0 Å². The SMILES string of the molecule is [O-][n+]1c(CCl)ncc2c1CCC2. The van der Waals surface area contributed by atoms with Gasteiger partial charge in [0.05, 0.1) is 0 Å². The van der Waals surface area contributed by atoms with Crippen LogP contribution in [-0.2, 0) is 18.7 Å². The molecular formula is C8H9ClN2O. The van der Waals surface area contributed by atoms with Crippen LogP contribution in [0.4, 0.5) is 0 Å².